The van der Waals surface area contributed by atoms with Crippen LogP contribution in [0.5, 0.6) is 0 Å². The maximum Gasteiger partial charge on any atom is 0.273 e. The van der Waals surface area contributed by atoms with Gasteiger partial charge in [-0.05, 0) is 30.2 Å². The van der Waals surface area contributed by atoms with Gasteiger partial charge in [-0.25, -0.2) is 4.39 Å². The predicted octanol–water partition coefficient (Wildman–Crippen LogP) is 1.85. The molecular formula is C22H31FN4O4. The SMILES string of the molecule is CC(C)(C)C(NC(=O)c1nn(CC2CCOCC2)c2c(F)cccc12)C(=O)NCCO. The highest BCUT2D eigenvalue weighted by molar-refractivity contribution is 6.06. The molecule has 9 heteroatoms. The lowest BCUT2D eigenvalue weighted by atomic mass is 9.86. The van der Waals surface area contributed by atoms with Crippen molar-refractivity contribution in [2.45, 2.75) is 46.2 Å². The number of aliphatic hydroxyl groups excluding tert-OH is 1. The molecule has 1 unspecified atom stereocenters. The van der Waals surface area contributed by atoms with Gasteiger partial charge in [0.1, 0.15) is 17.4 Å². The second kappa shape index (κ2) is 9.74. The molecule has 1 saturated heterocycles. The molecule has 1 aromatic carbocycles. The van der Waals surface area contributed by atoms with Gasteiger partial charge in [-0.2, -0.15) is 5.10 Å². The van der Waals surface area contributed by atoms with Gasteiger partial charge in [0.15, 0.2) is 5.69 Å². The molecule has 1 aliphatic heterocycles. The summed E-state index contributed by atoms with van der Waals surface area (Å²) in [5.41, 5.74) is -0.206. The Hall–Kier alpha value is -2.52. The summed E-state index contributed by atoms with van der Waals surface area (Å²) in [7, 11) is 0. The monoisotopic (exact) mass is 434 g/mol. The van der Waals surface area contributed by atoms with Crippen LogP contribution in [0.15, 0.2) is 18.2 Å². The fraction of sp³-hybridized carbons (Fsp3) is 0.591. The number of hydrogen-bond donors (Lipinski definition) is 3. The second-order valence-corrected chi connectivity index (χ2v) is 9.01. The maximum absolute atomic E-state index is 14.7. The summed E-state index contributed by atoms with van der Waals surface area (Å²) in [6.45, 7) is 7.21. The molecule has 3 rings (SSSR count). The molecule has 1 aliphatic rings. The quantitative estimate of drug-likeness (QED) is 0.617. The summed E-state index contributed by atoms with van der Waals surface area (Å²) in [5, 5.41) is 19.2. The minimum atomic E-state index is -0.851. The second-order valence-electron chi connectivity index (χ2n) is 9.01. The summed E-state index contributed by atoms with van der Waals surface area (Å²) < 4.78 is 21.7. The number of ether oxygens (including phenoxy) is 1. The maximum atomic E-state index is 14.7. The van der Waals surface area contributed by atoms with Gasteiger partial charge in [0, 0.05) is 31.7 Å². The van der Waals surface area contributed by atoms with Crippen LogP contribution in [-0.4, -0.2) is 59.1 Å². The number of hydrogen-bond acceptors (Lipinski definition) is 5. The van der Waals surface area contributed by atoms with Gasteiger partial charge in [-0.1, -0.05) is 32.9 Å². The first-order valence-corrected chi connectivity index (χ1v) is 10.6. The first kappa shape index (κ1) is 23.1. The average molecular weight is 435 g/mol. The third-order valence-corrected chi connectivity index (χ3v) is 5.52. The highest BCUT2D eigenvalue weighted by Crippen LogP contribution is 2.26. The van der Waals surface area contributed by atoms with Crippen LogP contribution in [-0.2, 0) is 16.1 Å². The van der Waals surface area contributed by atoms with Crippen molar-refractivity contribution in [3.8, 4) is 0 Å². The van der Waals surface area contributed by atoms with Crippen molar-refractivity contribution in [1.82, 2.24) is 20.4 Å². The van der Waals surface area contributed by atoms with E-state index in [9.17, 15) is 14.0 Å². The predicted molar refractivity (Wildman–Crippen MR) is 114 cm³/mol. The van der Waals surface area contributed by atoms with E-state index >= 15 is 0 Å². The Morgan fingerprint density at radius 1 is 1.32 bits per heavy atom. The van der Waals surface area contributed by atoms with Crippen molar-refractivity contribution < 1.29 is 23.8 Å². The van der Waals surface area contributed by atoms with Crippen LogP contribution < -0.4 is 10.6 Å². The van der Waals surface area contributed by atoms with Crippen LogP contribution >= 0.6 is 0 Å². The Morgan fingerprint density at radius 2 is 2.03 bits per heavy atom. The lowest BCUT2D eigenvalue weighted by molar-refractivity contribution is -0.125. The van der Waals surface area contributed by atoms with E-state index in [2.05, 4.69) is 15.7 Å². The average Bonchev–Trinajstić information content (AvgIpc) is 3.09. The number of aromatic nitrogens is 2. The van der Waals surface area contributed by atoms with Gasteiger partial charge in [0.05, 0.1) is 6.61 Å². The molecular weight excluding hydrogens is 403 g/mol. The zero-order valence-corrected chi connectivity index (χ0v) is 18.3. The number of carbonyl (C=O) groups excluding carboxylic acids is 2. The Bertz CT molecular complexity index is 931. The Balaban J connectivity index is 1.90. The van der Waals surface area contributed by atoms with Crippen LogP contribution in [0, 0.1) is 17.2 Å². The molecule has 1 aromatic heterocycles. The normalized spacial score (nSPS) is 16.3. The molecule has 0 bridgehead atoms. The van der Waals surface area contributed by atoms with E-state index in [1.54, 1.807) is 16.8 Å². The van der Waals surface area contributed by atoms with Crippen molar-refractivity contribution >= 4 is 22.7 Å². The highest BCUT2D eigenvalue weighted by Gasteiger charge is 2.34. The number of halogens is 1. The largest absolute Gasteiger partial charge is 0.395 e. The number of benzene rings is 1. The van der Waals surface area contributed by atoms with Crippen molar-refractivity contribution in [2.24, 2.45) is 11.3 Å². The van der Waals surface area contributed by atoms with E-state index in [0.717, 1.165) is 12.8 Å². The highest BCUT2D eigenvalue weighted by atomic mass is 19.1. The zero-order chi connectivity index (χ0) is 22.6. The third-order valence-electron chi connectivity index (χ3n) is 5.52. The van der Waals surface area contributed by atoms with Crippen LogP contribution in [0.2, 0.25) is 0 Å². The summed E-state index contributed by atoms with van der Waals surface area (Å²) >= 11 is 0. The molecule has 2 aromatic rings. The number of nitrogens with one attached hydrogen (secondary N) is 2. The molecule has 2 heterocycles. The first-order valence-electron chi connectivity index (χ1n) is 10.6. The number of nitrogens with zero attached hydrogens (tertiary/aromatic N) is 2. The molecule has 2 amide bonds. The van der Waals surface area contributed by atoms with Crippen LogP contribution in [0.4, 0.5) is 4.39 Å². The van der Waals surface area contributed by atoms with E-state index in [-0.39, 0.29) is 24.4 Å². The number of fused-ring (bicyclic) bond motifs is 1. The molecule has 0 saturated carbocycles. The molecule has 8 nitrogen and oxygen atoms in total. The lowest BCUT2D eigenvalue weighted by Gasteiger charge is -2.30. The minimum Gasteiger partial charge on any atom is -0.395 e. The van der Waals surface area contributed by atoms with Crippen molar-refractivity contribution in [2.75, 3.05) is 26.4 Å². The van der Waals surface area contributed by atoms with Gasteiger partial charge in [-0.3, -0.25) is 14.3 Å². The number of amides is 2. The first-order chi connectivity index (χ1) is 14.7. The van der Waals surface area contributed by atoms with Crippen LogP contribution in [0.3, 0.4) is 0 Å². The van der Waals surface area contributed by atoms with Gasteiger partial charge >= 0.3 is 0 Å². The summed E-state index contributed by atoms with van der Waals surface area (Å²) in [5.74, 6) is -1.09. The number of aliphatic hydroxyl groups is 1. The Kier molecular flexibility index (Phi) is 7.27. The summed E-state index contributed by atoms with van der Waals surface area (Å²) in [6, 6.07) is 3.71. The van der Waals surface area contributed by atoms with Crippen LogP contribution in [0.1, 0.15) is 44.1 Å². The standard InChI is InChI=1S/C22H31FN4O4/c1-22(2,3)19(21(30)24-9-10-28)25-20(29)17-15-5-4-6-16(23)18(15)27(26-17)13-14-7-11-31-12-8-14/h4-6,14,19,28H,7-13H2,1-3H3,(H,24,30)(H,25,29). The van der Waals surface area contributed by atoms with Crippen molar-refractivity contribution in [3.63, 3.8) is 0 Å². The van der Waals surface area contributed by atoms with Crippen molar-refractivity contribution in [1.29, 1.82) is 0 Å². The number of para-hydroxylation sites is 1. The molecule has 1 atom stereocenters. The van der Waals surface area contributed by atoms with Gasteiger partial charge in [-0.15, -0.1) is 0 Å². The van der Waals surface area contributed by atoms with Crippen LogP contribution in [0.25, 0.3) is 10.9 Å². The van der Waals surface area contributed by atoms with E-state index < -0.39 is 29.1 Å². The summed E-state index contributed by atoms with van der Waals surface area (Å²) in [4.78, 5) is 25.7. The molecule has 170 valence electrons. The number of carbonyl (C=O) groups is 2. The van der Waals surface area contributed by atoms with E-state index in [1.807, 2.05) is 20.8 Å². The smallest absolute Gasteiger partial charge is 0.273 e. The molecule has 1 fully saturated rings. The summed E-state index contributed by atoms with van der Waals surface area (Å²) in [6.07, 6.45) is 1.71. The number of rotatable bonds is 7. The van der Waals surface area contributed by atoms with Gasteiger partial charge in [0.2, 0.25) is 5.91 Å². The van der Waals surface area contributed by atoms with E-state index in [4.69, 9.17) is 9.84 Å². The molecule has 31 heavy (non-hydrogen) atoms. The Labute approximate surface area is 181 Å². The van der Waals surface area contributed by atoms with E-state index in [0.29, 0.717) is 31.1 Å². The molecule has 3 N–H and O–H groups in total. The van der Waals surface area contributed by atoms with Gasteiger partial charge < -0.3 is 20.5 Å². The molecule has 0 radical (unpaired) electrons. The fourth-order valence-electron chi connectivity index (χ4n) is 3.82. The lowest BCUT2D eigenvalue weighted by Crippen LogP contribution is -2.54. The topological polar surface area (TPSA) is 105 Å². The molecule has 0 spiro atoms. The third kappa shape index (κ3) is 5.40. The Morgan fingerprint density at radius 3 is 2.68 bits per heavy atom. The fourth-order valence-corrected chi connectivity index (χ4v) is 3.82. The molecule has 0 aliphatic carbocycles. The van der Waals surface area contributed by atoms with E-state index in [1.165, 1.54) is 6.07 Å². The minimum absolute atomic E-state index is 0.0887. The zero-order valence-electron chi connectivity index (χ0n) is 18.3. The van der Waals surface area contributed by atoms with Crippen molar-refractivity contribution in [3.05, 3.63) is 29.7 Å². The van der Waals surface area contributed by atoms with Gasteiger partial charge in [0.25, 0.3) is 5.91 Å².